The second-order valence-electron chi connectivity index (χ2n) is 10.3. The second kappa shape index (κ2) is 13.0. The average molecular weight is 572 g/mol. The molecular formula is C30H38FN3O5S. The van der Waals surface area contributed by atoms with E-state index in [-0.39, 0.29) is 35.6 Å². The molecule has 0 atom stereocenters. The summed E-state index contributed by atoms with van der Waals surface area (Å²) in [6, 6.07) is 16.8. The maximum Gasteiger partial charge on any atom is 0.339 e. The van der Waals surface area contributed by atoms with Gasteiger partial charge >= 0.3 is 16.1 Å². The summed E-state index contributed by atoms with van der Waals surface area (Å²) in [7, 11) is -2.70. The van der Waals surface area contributed by atoms with Crippen molar-refractivity contribution in [2.24, 2.45) is 0 Å². The number of anilines is 1. The number of rotatable bonds is 11. The predicted molar refractivity (Wildman–Crippen MR) is 155 cm³/mol. The summed E-state index contributed by atoms with van der Waals surface area (Å²) in [5.41, 5.74) is 1.50. The molecule has 0 fully saturated rings. The number of urea groups is 1. The summed E-state index contributed by atoms with van der Waals surface area (Å²) >= 11 is 0. The topological polar surface area (TPSA) is 88.2 Å². The molecule has 8 nitrogen and oxygen atoms in total. The monoisotopic (exact) mass is 571 g/mol. The van der Waals surface area contributed by atoms with Crippen molar-refractivity contribution in [1.29, 1.82) is 0 Å². The molecule has 10 heteroatoms. The maximum atomic E-state index is 13.5. The molecule has 3 rings (SSSR count). The Bertz CT molecular complexity index is 1380. The van der Waals surface area contributed by atoms with Gasteiger partial charge in [0.2, 0.25) is 0 Å². The highest BCUT2D eigenvalue weighted by Gasteiger charge is 2.24. The van der Waals surface area contributed by atoms with E-state index in [2.05, 4.69) is 10.2 Å². The molecule has 0 aliphatic heterocycles. The lowest BCUT2D eigenvalue weighted by molar-refractivity contribution is 0.183. The van der Waals surface area contributed by atoms with Crippen LogP contribution in [-0.4, -0.2) is 45.1 Å². The Balaban J connectivity index is 2.03. The smallest absolute Gasteiger partial charge is 0.339 e. The van der Waals surface area contributed by atoms with Crippen LogP contribution in [0.2, 0.25) is 0 Å². The number of amides is 2. The molecular weight excluding hydrogens is 533 g/mol. The van der Waals surface area contributed by atoms with Gasteiger partial charge in [-0.2, -0.15) is 8.42 Å². The summed E-state index contributed by atoms with van der Waals surface area (Å²) in [5.74, 6) is 0.262. The van der Waals surface area contributed by atoms with E-state index in [4.69, 9.17) is 8.92 Å². The van der Waals surface area contributed by atoms with Gasteiger partial charge in [-0.25, -0.2) is 9.18 Å². The van der Waals surface area contributed by atoms with Crippen LogP contribution in [0.4, 0.5) is 14.9 Å². The van der Waals surface area contributed by atoms with Crippen LogP contribution < -0.4 is 19.1 Å². The SMILES string of the molecule is CCN(CC)c1ccc(CN(Cc2ccc(F)cc2)C(=O)NC(C)(C)C)c(OS(=O)(=O)c2ccc(OC)cc2)c1. The zero-order chi connectivity index (χ0) is 29.5. The molecule has 0 aliphatic rings. The van der Waals surface area contributed by atoms with Gasteiger partial charge in [0.05, 0.1) is 13.7 Å². The molecule has 0 spiro atoms. The molecule has 2 amide bonds. The van der Waals surface area contributed by atoms with E-state index in [1.807, 2.05) is 40.7 Å². The van der Waals surface area contributed by atoms with Crippen molar-refractivity contribution in [2.75, 3.05) is 25.1 Å². The third-order valence-electron chi connectivity index (χ3n) is 6.14. The lowest BCUT2D eigenvalue weighted by atomic mass is 10.1. The van der Waals surface area contributed by atoms with Gasteiger partial charge in [-0.3, -0.25) is 0 Å². The number of methoxy groups -OCH3 is 1. The van der Waals surface area contributed by atoms with Crippen LogP contribution in [0, 0.1) is 5.82 Å². The van der Waals surface area contributed by atoms with E-state index >= 15 is 0 Å². The molecule has 0 aromatic heterocycles. The Morgan fingerprint density at radius 1 is 0.925 bits per heavy atom. The molecule has 0 saturated carbocycles. The van der Waals surface area contributed by atoms with Crippen molar-refractivity contribution < 1.29 is 26.5 Å². The zero-order valence-corrected chi connectivity index (χ0v) is 24.7. The molecule has 1 N–H and O–H groups in total. The number of ether oxygens (including phenoxy) is 1. The van der Waals surface area contributed by atoms with Crippen molar-refractivity contribution in [1.82, 2.24) is 10.2 Å². The first-order valence-corrected chi connectivity index (χ1v) is 14.5. The Labute approximate surface area is 236 Å². The van der Waals surface area contributed by atoms with Crippen molar-refractivity contribution >= 4 is 21.8 Å². The number of nitrogens with one attached hydrogen (secondary N) is 1. The number of carbonyl (C=O) groups is 1. The van der Waals surface area contributed by atoms with E-state index in [1.165, 1.54) is 36.3 Å². The first-order chi connectivity index (χ1) is 18.8. The minimum absolute atomic E-state index is 0.0267. The van der Waals surface area contributed by atoms with Crippen LogP contribution in [0.3, 0.4) is 0 Å². The summed E-state index contributed by atoms with van der Waals surface area (Å²) in [5, 5.41) is 2.96. The Hall–Kier alpha value is -3.79. The number of hydrogen-bond acceptors (Lipinski definition) is 6. The highest BCUT2D eigenvalue weighted by atomic mass is 32.2. The molecule has 0 bridgehead atoms. The standard InChI is InChI=1S/C30H38FN3O5S/c1-7-33(8-2)25-14-11-23(28(19-25)39-40(36,37)27-17-15-26(38-6)16-18-27)21-34(29(35)32-30(3,4)5)20-22-9-12-24(31)13-10-22/h9-19H,7-8,20-21H2,1-6H3,(H,32,35). The van der Waals surface area contributed by atoms with Gasteiger partial charge in [0.1, 0.15) is 22.2 Å². The number of carbonyl (C=O) groups excluding carboxylic acids is 1. The van der Waals surface area contributed by atoms with Gasteiger partial charge in [-0.05, 0) is 82.6 Å². The highest BCUT2D eigenvalue weighted by Crippen LogP contribution is 2.31. The third kappa shape index (κ3) is 8.35. The van der Waals surface area contributed by atoms with Gasteiger partial charge in [-0.15, -0.1) is 0 Å². The van der Waals surface area contributed by atoms with Crippen LogP contribution in [0.1, 0.15) is 45.7 Å². The highest BCUT2D eigenvalue weighted by molar-refractivity contribution is 7.87. The third-order valence-corrected chi connectivity index (χ3v) is 7.39. The summed E-state index contributed by atoms with van der Waals surface area (Å²) in [4.78, 5) is 16.9. The number of halogens is 1. The number of benzene rings is 3. The molecule has 216 valence electrons. The van der Waals surface area contributed by atoms with Crippen LogP contribution in [0.25, 0.3) is 0 Å². The largest absolute Gasteiger partial charge is 0.497 e. The van der Waals surface area contributed by atoms with Gasteiger partial charge in [0.15, 0.2) is 0 Å². The van der Waals surface area contributed by atoms with Crippen LogP contribution in [0.15, 0.2) is 71.6 Å². The van der Waals surface area contributed by atoms with E-state index in [9.17, 15) is 17.6 Å². The molecule has 0 unspecified atom stereocenters. The number of nitrogens with zero attached hydrogens (tertiary/aromatic N) is 2. The summed E-state index contributed by atoms with van der Waals surface area (Å²) in [6.45, 7) is 11.3. The van der Waals surface area contributed by atoms with Crippen LogP contribution in [0.5, 0.6) is 11.5 Å². The Morgan fingerprint density at radius 2 is 1.55 bits per heavy atom. The van der Waals surface area contributed by atoms with E-state index in [0.29, 0.717) is 24.4 Å². The van der Waals surface area contributed by atoms with Gasteiger partial charge in [0.25, 0.3) is 0 Å². The van der Waals surface area contributed by atoms with E-state index in [1.54, 1.807) is 36.4 Å². The molecule has 0 saturated heterocycles. The van der Waals surface area contributed by atoms with Gasteiger partial charge in [0, 0.05) is 42.5 Å². The van der Waals surface area contributed by atoms with E-state index < -0.39 is 15.7 Å². The normalized spacial score (nSPS) is 11.6. The molecule has 40 heavy (non-hydrogen) atoms. The summed E-state index contributed by atoms with van der Waals surface area (Å²) in [6.07, 6.45) is 0. The Kier molecular flexibility index (Phi) is 10.0. The quantitative estimate of drug-likeness (QED) is 0.286. The Morgan fingerprint density at radius 3 is 2.10 bits per heavy atom. The zero-order valence-electron chi connectivity index (χ0n) is 23.9. The maximum absolute atomic E-state index is 13.5. The van der Waals surface area contributed by atoms with Crippen molar-refractivity contribution in [2.45, 2.75) is 58.1 Å². The van der Waals surface area contributed by atoms with Gasteiger partial charge < -0.3 is 24.0 Å². The first-order valence-electron chi connectivity index (χ1n) is 13.1. The minimum atomic E-state index is -4.20. The van der Waals surface area contributed by atoms with Crippen LogP contribution >= 0.6 is 0 Å². The fraction of sp³-hybridized carbons (Fsp3) is 0.367. The molecule has 3 aromatic rings. The minimum Gasteiger partial charge on any atom is -0.497 e. The average Bonchev–Trinajstić information content (AvgIpc) is 2.90. The molecule has 3 aromatic carbocycles. The van der Waals surface area contributed by atoms with Crippen LogP contribution in [-0.2, 0) is 23.2 Å². The van der Waals surface area contributed by atoms with Crippen molar-refractivity contribution in [3.8, 4) is 11.5 Å². The summed E-state index contributed by atoms with van der Waals surface area (Å²) < 4.78 is 51.0. The lowest BCUT2D eigenvalue weighted by Gasteiger charge is -2.29. The first kappa shape index (κ1) is 30.7. The fourth-order valence-corrected chi connectivity index (χ4v) is 5.02. The number of hydrogen-bond donors (Lipinski definition) is 1. The van der Waals surface area contributed by atoms with E-state index in [0.717, 1.165) is 11.3 Å². The lowest BCUT2D eigenvalue weighted by Crippen LogP contribution is -2.48. The van der Waals surface area contributed by atoms with Gasteiger partial charge in [-0.1, -0.05) is 18.2 Å². The fourth-order valence-electron chi connectivity index (χ4n) is 4.06. The van der Waals surface area contributed by atoms with Crippen molar-refractivity contribution in [3.63, 3.8) is 0 Å². The molecule has 0 aliphatic carbocycles. The molecule has 0 radical (unpaired) electrons. The van der Waals surface area contributed by atoms with Crippen molar-refractivity contribution in [3.05, 3.63) is 83.7 Å². The predicted octanol–water partition coefficient (Wildman–Crippen LogP) is 5.96. The second-order valence-corrected chi connectivity index (χ2v) is 11.9. The molecule has 0 heterocycles.